The maximum absolute atomic E-state index is 13.6. The monoisotopic (exact) mass is 577 g/mol. The maximum atomic E-state index is 13.6. The largest absolute Gasteiger partial charge is 0.493 e. The van der Waals surface area contributed by atoms with Gasteiger partial charge in [-0.05, 0) is 82.3 Å². The lowest BCUT2D eigenvalue weighted by Crippen LogP contribution is -2.27. The predicted molar refractivity (Wildman–Crippen MR) is 139 cm³/mol. The van der Waals surface area contributed by atoms with Crippen LogP contribution in [0, 0.1) is 9.39 Å². The van der Waals surface area contributed by atoms with Crippen LogP contribution in [-0.4, -0.2) is 17.3 Å². The zero-order valence-corrected chi connectivity index (χ0v) is 20.7. The number of hydrogen-bond donors (Lipinski definition) is 0. The zero-order chi connectivity index (χ0) is 22.7. The number of carbonyl (C=O) groups is 1. The first-order valence-corrected chi connectivity index (χ1v) is 11.8. The molecule has 0 aliphatic carbocycles. The highest BCUT2D eigenvalue weighted by Crippen LogP contribution is 2.37. The highest BCUT2D eigenvalue weighted by molar-refractivity contribution is 14.1. The fourth-order valence-electron chi connectivity index (χ4n) is 3.09. The van der Waals surface area contributed by atoms with Crippen molar-refractivity contribution in [1.82, 2.24) is 0 Å². The summed E-state index contributed by atoms with van der Waals surface area (Å²) in [6.45, 7) is 0.416. The number of carbonyl (C=O) groups excluding carboxylic acids is 1. The fourth-order valence-corrected chi connectivity index (χ4v) is 4.75. The average molecular weight is 577 g/mol. The fraction of sp³-hybridized carbons (Fsp3) is 0.0833. The van der Waals surface area contributed by atoms with Gasteiger partial charge in [0.05, 0.1) is 17.7 Å². The minimum Gasteiger partial charge on any atom is -0.493 e. The number of hydrogen-bond acceptors (Lipinski definition) is 5. The average Bonchev–Trinajstić information content (AvgIpc) is 3.06. The van der Waals surface area contributed by atoms with Crippen LogP contribution in [0.1, 0.15) is 11.1 Å². The van der Waals surface area contributed by atoms with Crippen LogP contribution in [-0.2, 0) is 11.4 Å². The van der Waals surface area contributed by atoms with Gasteiger partial charge in [-0.25, -0.2) is 4.39 Å². The molecule has 0 aromatic heterocycles. The first kappa shape index (κ1) is 22.8. The van der Waals surface area contributed by atoms with E-state index in [0.29, 0.717) is 33.0 Å². The number of thiocarbonyl (C=S) groups is 1. The van der Waals surface area contributed by atoms with Gasteiger partial charge in [-0.2, -0.15) is 0 Å². The summed E-state index contributed by atoms with van der Waals surface area (Å²) in [5, 5.41) is 0. The van der Waals surface area contributed by atoms with E-state index in [2.05, 4.69) is 22.6 Å². The first-order chi connectivity index (χ1) is 15.4. The molecule has 4 rings (SSSR count). The number of anilines is 1. The molecule has 4 nitrogen and oxygen atoms in total. The van der Waals surface area contributed by atoms with Gasteiger partial charge < -0.3 is 9.47 Å². The second kappa shape index (κ2) is 10.0. The molecule has 1 heterocycles. The van der Waals surface area contributed by atoms with E-state index in [4.69, 9.17) is 21.7 Å². The normalized spacial score (nSPS) is 14.8. The van der Waals surface area contributed by atoms with E-state index >= 15 is 0 Å². The molecule has 0 bridgehead atoms. The van der Waals surface area contributed by atoms with Gasteiger partial charge in [0.25, 0.3) is 5.91 Å². The highest BCUT2D eigenvalue weighted by atomic mass is 127. The van der Waals surface area contributed by atoms with Crippen LogP contribution in [0.3, 0.4) is 0 Å². The molecule has 0 spiro atoms. The van der Waals surface area contributed by atoms with Crippen molar-refractivity contribution in [3.8, 4) is 11.5 Å². The molecule has 0 unspecified atom stereocenters. The van der Waals surface area contributed by atoms with Crippen molar-refractivity contribution in [2.45, 2.75) is 6.61 Å². The maximum Gasteiger partial charge on any atom is 0.270 e. The standard InChI is InChI=1S/C24H17FINO3S2/c1-29-21-11-16(7-10-20(21)30-14-15-5-8-18(26)9-6-15)12-22-23(28)27(24(31)32-22)19-4-2-3-17(25)13-19/h2-13H,14H2,1H3/b22-12+. The molecule has 8 heteroatoms. The summed E-state index contributed by atoms with van der Waals surface area (Å²) in [4.78, 5) is 14.7. The molecule has 0 radical (unpaired) electrons. The molecular formula is C24H17FINO3S2. The van der Waals surface area contributed by atoms with Crippen LogP contribution >= 0.6 is 46.6 Å². The number of amides is 1. The minimum absolute atomic E-state index is 0.288. The van der Waals surface area contributed by atoms with E-state index in [0.717, 1.165) is 14.7 Å². The molecule has 0 saturated carbocycles. The van der Waals surface area contributed by atoms with Crippen molar-refractivity contribution in [3.05, 3.63) is 92.1 Å². The molecule has 32 heavy (non-hydrogen) atoms. The van der Waals surface area contributed by atoms with Gasteiger partial charge in [-0.3, -0.25) is 9.69 Å². The summed E-state index contributed by atoms with van der Waals surface area (Å²) in [5.41, 5.74) is 2.23. The number of rotatable bonds is 6. The third kappa shape index (κ3) is 5.13. The van der Waals surface area contributed by atoms with Crippen LogP contribution in [0.25, 0.3) is 6.08 Å². The van der Waals surface area contributed by atoms with Crippen molar-refractivity contribution in [1.29, 1.82) is 0 Å². The molecule has 3 aromatic carbocycles. The number of benzene rings is 3. The Labute approximate surface area is 208 Å². The van der Waals surface area contributed by atoms with E-state index in [1.165, 1.54) is 28.8 Å². The van der Waals surface area contributed by atoms with E-state index in [-0.39, 0.29) is 5.91 Å². The van der Waals surface area contributed by atoms with Crippen molar-refractivity contribution in [2.75, 3.05) is 12.0 Å². The van der Waals surface area contributed by atoms with Gasteiger partial charge in [-0.1, -0.05) is 48.2 Å². The number of methoxy groups -OCH3 is 1. The second-order valence-electron chi connectivity index (χ2n) is 6.82. The molecule has 162 valence electrons. The quantitative estimate of drug-likeness (QED) is 0.192. The minimum atomic E-state index is -0.425. The van der Waals surface area contributed by atoms with Gasteiger partial charge >= 0.3 is 0 Å². The summed E-state index contributed by atoms with van der Waals surface area (Å²) in [7, 11) is 1.57. The summed E-state index contributed by atoms with van der Waals surface area (Å²) in [5.74, 6) is 0.454. The second-order valence-corrected chi connectivity index (χ2v) is 9.74. The van der Waals surface area contributed by atoms with Crippen molar-refractivity contribution >= 4 is 68.6 Å². The van der Waals surface area contributed by atoms with Gasteiger partial charge in [0, 0.05) is 3.57 Å². The number of halogens is 2. The SMILES string of the molecule is COc1cc(/C=C2/SC(=S)N(c3cccc(F)c3)C2=O)ccc1OCc1ccc(I)cc1. The first-order valence-electron chi connectivity index (χ1n) is 9.53. The van der Waals surface area contributed by atoms with Gasteiger partial charge in [0.1, 0.15) is 12.4 Å². The van der Waals surface area contributed by atoms with Crippen LogP contribution < -0.4 is 14.4 Å². The number of ether oxygens (including phenoxy) is 2. The lowest BCUT2D eigenvalue weighted by molar-refractivity contribution is -0.113. The van der Waals surface area contributed by atoms with Crippen LogP contribution in [0.15, 0.2) is 71.6 Å². The van der Waals surface area contributed by atoms with Crippen molar-refractivity contribution in [2.24, 2.45) is 0 Å². The summed E-state index contributed by atoms with van der Waals surface area (Å²) >= 11 is 8.79. The Morgan fingerprint density at radius 1 is 1.09 bits per heavy atom. The summed E-state index contributed by atoms with van der Waals surface area (Å²) < 4.78 is 26.5. The van der Waals surface area contributed by atoms with Crippen LogP contribution in [0.2, 0.25) is 0 Å². The number of thioether (sulfide) groups is 1. The molecule has 1 aliphatic rings. The Kier molecular flexibility index (Phi) is 7.12. The van der Waals surface area contributed by atoms with E-state index < -0.39 is 5.82 Å². The molecule has 3 aromatic rings. The van der Waals surface area contributed by atoms with Gasteiger partial charge in [0.15, 0.2) is 15.8 Å². The topological polar surface area (TPSA) is 38.8 Å². The van der Waals surface area contributed by atoms with Crippen molar-refractivity contribution in [3.63, 3.8) is 0 Å². The Morgan fingerprint density at radius 3 is 2.59 bits per heavy atom. The molecule has 1 saturated heterocycles. The highest BCUT2D eigenvalue weighted by Gasteiger charge is 2.33. The molecule has 0 atom stereocenters. The Morgan fingerprint density at radius 2 is 1.88 bits per heavy atom. The van der Waals surface area contributed by atoms with Crippen molar-refractivity contribution < 1.29 is 18.7 Å². The summed E-state index contributed by atoms with van der Waals surface area (Å²) in [6.07, 6.45) is 1.74. The van der Waals surface area contributed by atoms with Gasteiger partial charge in [-0.15, -0.1) is 0 Å². The molecule has 1 fully saturated rings. The predicted octanol–water partition coefficient (Wildman–Crippen LogP) is 6.42. The molecule has 0 N–H and O–H groups in total. The lowest BCUT2D eigenvalue weighted by atomic mass is 10.1. The third-order valence-corrected chi connectivity index (χ3v) is 6.67. The van der Waals surface area contributed by atoms with Gasteiger partial charge in [0.2, 0.25) is 0 Å². The van der Waals surface area contributed by atoms with E-state index in [9.17, 15) is 9.18 Å². The Bertz CT molecular complexity index is 1210. The third-order valence-electron chi connectivity index (χ3n) is 4.65. The van der Waals surface area contributed by atoms with E-state index in [1.807, 2.05) is 36.4 Å². The van der Waals surface area contributed by atoms with Crippen LogP contribution in [0.5, 0.6) is 11.5 Å². The molecular weight excluding hydrogens is 560 g/mol. The molecule has 1 amide bonds. The smallest absolute Gasteiger partial charge is 0.270 e. The van der Waals surface area contributed by atoms with Crippen LogP contribution in [0.4, 0.5) is 10.1 Å². The molecule has 1 aliphatic heterocycles. The zero-order valence-electron chi connectivity index (χ0n) is 16.9. The Hall–Kier alpha value is -2.43. The summed E-state index contributed by atoms with van der Waals surface area (Å²) in [6, 6.07) is 19.4. The Balaban J connectivity index is 1.53. The lowest BCUT2D eigenvalue weighted by Gasteiger charge is -2.14. The van der Waals surface area contributed by atoms with E-state index in [1.54, 1.807) is 31.4 Å². The number of nitrogens with zero attached hydrogens (tertiary/aromatic N) is 1.